The molecule has 1 aromatic carbocycles. The van der Waals surface area contributed by atoms with Gasteiger partial charge in [0, 0.05) is 31.2 Å². The molecule has 1 aromatic rings. The number of esters is 2. The van der Waals surface area contributed by atoms with Gasteiger partial charge in [0.25, 0.3) is 5.91 Å². The van der Waals surface area contributed by atoms with E-state index in [1.54, 1.807) is 31.2 Å². The van der Waals surface area contributed by atoms with Crippen LogP contribution in [-0.4, -0.2) is 73.1 Å². The first-order valence-corrected chi connectivity index (χ1v) is 11.0. The predicted molar refractivity (Wildman–Crippen MR) is 112 cm³/mol. The lowest BCUT2D eigenvalue weighted by atomic mass is 9.93. The van der Waals surface area contributed by atoms with Gasteiger partial charge in [0.1, 0.15) is 0 Å². The lowest BCUT2D eigenvalue weighted by Crippen LogP contribution is -2.50. The Hall–Kier alpha value is -2.41. The average molecular weight is 417 g/mol. The van der Waals surface area contributed by atoms with Crippen molar-refractivity contribution in [1.82, 2.24) is 9.80 Å². The lowest BCUT2D eigenvalue weighted by molar-refractivity contribution is -0.150. The summed E-state index contributed by atoms with van der Waals surface area (Å²) in [4.78, 5) is 41.0. The molecule has 2 heterocycles. The summed E-state index contributed by atoms with van der Waals surface area (Å²) < 4.78 is 10.2. The Balaban J connectivity index is 1.52. The van der Waals surface area contributed by atoms with E-state index in [1.807, 2.05) is 11.8 Å². The Morgan fingerprint density at radius 2 is 1.53 bits per heavy atom. The fourth-order valence-electron chi connectivity index (χ4n) is 4.37. The molecule has 0 spiro atoms. The van der Waals surface area contributed by atoms with E-state index in [2.05, 4.69) is 4.90 Å². The molecule has 0 saturated carbocycles. The van der Waals surface area contributed by atoms with Gasteiger partial charge in [-0.15, -0.1) is 0 Å². The van der Waals surface area contributed by atoms with Crippen molar-refractivity contribution in [3.8, 4) is 0 Å². The van der Waals surface area contributed by atoms with Gasteiger partial charge in [0.15, 0.2) is 0 Å². The van der Waals surface area contributed by atoms with Crippen LogP contribution in [0.15, 0.2) is 24.3 Å². The topological polar surface area (TPSA) is 76.2 Å². The second kappa shape index (κ2) is 10.6. The molecule has 0 radical (unpaired) electrons. The van der Waals surface area contributed by atoms with Crippen molar-refractivity contribution >= 4 is 17.8 Å². The zero-order valence-electron chi connectivity index (χ0n) is 18.0. The third-order valence-electron chi connectivity index (χ3n) is 5.98. The van der Waals surface area contributed by atoms with Gasteiger partial charge in [0.2, 0.25) is 0 Å². The highest BCUT2D eigenvalue weighted by atomic mass is 16.5. The maximum absolute atomic E-state index is 12.8. The van der Waals surface area contributed by atoms with Crippen molar-refractivity contribution in [2.45, 2.75) is 45.6 Å². The number of benzene rings is 1. The second-order valence-electron chi connectivity index (χ2n) is 7.91. The van der Waals surface area contributed by atoms with Gasteiger partial charge in [-0.1, -0.05) is 0 Å². The molecule has 0 N–H and O–H groups in total. The molecule has 1 atom stereocenters. The molecule has 1 amide bonds. The zero-order valence-corrected chi connectivity index (χ0v) is 18.0. The molecule has 7 nitrogen and oxygen atoms in total. The summed E-state index contributed by atoms with van der Waals surface area (Å²) >= 11 is 0. The van der Waals surface area contributed by atoms with Crippen LogP contribution in [0.3, 0.4) is 0 Å². The number of hydrogen-bond acceptors (Lipinski definition) is 6. The van der Waals surface area contributed by atoms with E-state index in [9.17, 15) is 14.4 Å². The van der Waals surface area contributed by atoms with Crippen molar-refractivity contribution in [2.75, 3.05) is 39.4 Å². The van der Waals surface area contributed by atoms with Crippen LogP contribution in [0.25, 0.3) is 0 Å². The Labute approximate surface area is 178 Å². The van der Waals surface area contributed by atoms with Crippen LogP contribution < -0.4 is 0 Å². The molecule has 0 aliphatic carbocycles. The third-order valence-corrected chi connectivity index (χ3v) is 5.98. The first-order chi connectivity index (χ1) is 14.5. The highest BCUT2D eigenvalue weighted by molar-refractivity contribution is 5.96. The normalized spacial score (nSPS) is 20.6. The second-order valence-corrected chi connectivity index (χ2v) is 7.91. The maximum Gasteiger partial charge on any atom is 0.338 e. The molecule has 1 unspecified atom stereocenters. The first-order valence-electron chi connectivity index (χ1n) is 11.0. The molecule has 30 heavy (non-hydrogen) atoms. The molecule has 3 rings (SSSR count). The van der Waals surface area contributed by atoms with E-state index in [1.165, 1.54) is 0 Å². The minimum absolute atomic E-state index is 0.00750. The van der Waals surface area contributed by atoms with Gasteiger partial charge in [0.05, 0.1) is 24.7 Å². The number of nitrogens with zero attached hydrogens (tertiary/aromatic N) is 2. The lowest BCUT2D eigenvalue weighted by Gasteiger charge is -2.41. The molecule has 164 valence electrons. The first kappa shape index (κ1) is 22.3. The van der Waals surface area contributed by atoms with E-state index in [0.29, 0.717) is 43.5 Å². The summed E-state index contributed by atoms with van der Waals surface area (Å²) in [5.74, 6) is -0.496. The van der Waals surface area contributed by atoms with Crippen LogP contribution >= 0.6 is 0 Å². The summed E-state index contributed by atoms with van der Waals surface area (Å²) in [5.41, 5.74) is 1.04. The van der Waals surface area contributed by atoms with Crippen molar-refractivity contribution in [3.05, 3.63) is 35.4 Å². The number of carbonyl (C=O) groups is 3. The van der Waals surface area contributed by atoms with Crippen molar-refractivity contribution in [1.29, 1.82) is 0 Å². The molecule has 2 aliphatic rings. The summed E-state index contributed by atoms with van der Waals surface area (Å²) in [7, 11) is 0. The number of rotatable bonds is 6. The van der Waals surface area contributed by atoms with E-state index in [4.69, 9.17) is 9.47 Å². The van der Waals surface area contributed by atoms with Crippen LogP contribution in [0, 0.1) is 5.92 Å². The van der Waals surface area contributed by atoms with Crippen molar-refractivity contribution in [3.63, 3.8) is 0 Å². The van der Waals surface area contributed by atoms with Crippen LogP contribution in [0.5, 0.6) is 0 Å². The molecule has 0 aromatic heterocycles. The van der Waals surface area contributed by atoms with Gasteiger partial charge in [-0.05, 0) is 70.3 Å². The van der Waals surface area contributed by atoms with E-state index < -0.39 is 0 Å². The molecular weight excluding hydrogens is 384 g/mol. The molecular formula is C23H32N2O5. The number of amides is 1. The zero-order chi connectivity index (χ0) is 21.5. The minimum atomic E-state index is -0.375. The monoisotopic (exact) mass is 416 g/mol. The van der Waals surface area contributed by atoms with Crippen LogP contribution in [0.2, 0.25) is 0 Å². The third kappa shape index (κ3) is 5.39. The SMILES string of the molecule is CCOC(=O)c1ccc(C(=O)N2CCC(N3CCCC(C(=O)OCC)C3)CC2)cc1. The highest BCUT2D eigenvalue weighted by Crippen LogP contribution is 2.25. The Morgan fingerprint density at radius 1 is 0.900 bits per heavy atom. The van der Waals surface area contributed by atoms with Gasteiger partial charge in [-0.3, -0.25) is 14.5 Å². The summed E-state index contributed by atoms with van der Waals surface area (Å²) in [5, 5.41) is 0. The standard InChI is InChI=1S/C23H32N2O5/c1-3-29-22(27)18-9-7-17(8-10-18)21(26)24-14-11-20(12-15-24)25-13-5-6-19(16-25)23(28)30-4-2/h7-10,19-20H,3-6,11-16H2,1-2H3. The van der Waals surface area contributed by atoms with Crippen LogP contribution in [0.4, 0.5) is 0 Å². The van der Waals surface area contributed by atoms with E-state index in [-0.39, 0.29) is 23.8 Å². The highest BCUT2D eigenvalue weighted by Gasteiger charge is 2.33. The summed E-state index contributed by atoms with van der Waals surface area (Å²) in [6.07, 6.45) is 3.72. The summed E-state index contributed by atoms with van der Waals surface area (Å²) in [6, 6.07) is 7.06. The van der Waals surface area contributed by atoms with Crippen molar-refractivity contribution in [2.24, 2.45) is 5.92 Å². The largest absolute Gasteiger partial charge is 0.466 e. The quantitative estimate of drug-likeness (QED) is 0.664. The molecule has 2 aliphatic heterocycles. The minimum Gasteiger partial charge on any atom is -0.466 e. The Bertz CT molecular complexity index is 740. The van der Waals surface area contributed by atoms with Crippen LogP contribution in [0.1, 0.15) is 60.2 Å². The molecule has 2 fully saturated rings. The van der Waals surface area contributed by atoms with Crippen molar-refractivity contribution < 1.29 is 23.9 Å². The fraction of sp³-hybridized carbons (Fsp3) is 0.609. The Kier molecular flexibility index (Phi) is 7.85. The number of hydrogen-bond donors (Lipinski definition) is 0. The summed E-state index contributed by atoms with van der Waals surface area (Å²) in [6.45, 7) is 7.52. The maximum atomic E-state index is 12.8. The van der Waals surface area contributed by atoms with Gasteiger partial charge >= 0.3 is 11.9 Å². The van der Waals surface area contributed by atoms with E-state index in [0.717, 1.165) is 38.8 Å². The van der Waals surface area contributed by atoms with E-state index >= 15 is 0 Å². The van der Waals surface area contributed by atoms with Gasteiger partial charge < -0.3 is 14.4 Å². The fourth-order valence-corrected chi connectivity index (χ4v) is 4.37. The number of likely N-dealkylation sites (tertiary alicyclic amines) is 2. The number of carbonyl (C=O) groups excluding carboxylic acids is 3. The Morgan fingerprint density at radius 3 is 2.17 bits per heavy atom. The van der Waals surface area contributed by atoms with Gasteiger partial charge in [-0.2, -0.15) is 0 Å². The van der Waals surface area contributed by atoms with Gasteiger partial charge in [-0.25, -0.2) is 4.79 Å². The average Bonchev–Trinajstić information content (AvgIpc) is 2.79. The number of ether oxygens (including phenoxy) is 2. The van der Waals surface area contributed by atoms with Crippen LogP contribution in [-0.2, 0) is 14.3 Å². The molecule has 2 saturated heterocycles. The predicted octanol–water partition coefficient (Wildman–Crippen LogP) is 2.74. The number of piperidine rings is 2. The molecule has 7 heteroatoms. The smallest absolute Gasteiger partial charge is 0.338 e. The molecule has 0 bridgehead atoms.